The highest BCUT2D eigenvalue weighted by molar-refractivity contribution is 5.93. The van der Waals surface area contributed by atoms with E-state index in [-0.39, 0.29) is 36.0 Å². The Morgan fingerprint density at radius 3 is 2.59 bits per heavy atom. The Labute approximate surface area is 213 Å². The molecule has 2 N–H and O–H groups in total. The number of aryl methyl sites for hydroxylation is 1. The Balaban J connectivity index is 1.92. The molecule has 0 radical (unpaired) electrons. The largest absolute Gasteiger partial charge is 0.341 e. The van der Waals surface area contributed by atoms with E-state index >= 15 is 0 Å². The van der Waals surface area contributed by atoms with Gasteiger partial charge in [0.05, 0.1) is 36.6 Å². The second-order valence-corrected chi connectivity index (χ2v) is 8.81. The van der Waals surface area contributed by atoms with Crippen LogP contribution in [0.3, 0.4) is 0 Å². The Hall–Kier alpha value is -4.66. The molecule has 0 bridgehead atoms. The first-order valence-electron chi connectivity index (χ1n) is 11.9. The number of nitrogens with zero attached hydrogens (tertiary/aromatic N) is 8. The first-order valence-corrected chi connectivity index (χ1v) is 11.9. The number of aromatic nitrogens is 4. The highest BCUT2D eigenvalue weighted by atomic mass is 16.2. The maximum Gasteiger partial charge on any atom is 0.332 e. The standard InChI is InChI=1S/C26H27N9O2/c1-3-4-13-34-22-23(31-25(34)33-12-8-9-19(29)16-33)32(2)26(37)35(24(22)36)17-21(18(14-27)15-28)30-20-10-6-5-7-11-20/h5-7,10-11,18-19H,8-9,12-13,16-17,29H2,1-2H3. The van der Waals surface area contributed by atoms with Crippen LogP contribution >= 0.6 is 0 Å². The van der Waals surface area contributed by atoms with E-state index < -0.39 is 17.2 Å². The summed E-state index contributed by atoms with van der Waals surface area (Å²) in [6.45, 7) is 2.88. The van der Waals surface area contributed by atoms with Gasteiger partial charge >= 0.3 is 5.69 Å². The molecule has 3 heterocycles. The molecule has 0 spiro atoms. The van der Waals surface area contributed by atoms with Crippen LogP contribution < -0.4 is 21.9 Å². The molecule has 1 aromatic carbocycles. The lowest BCUT2D eigenvalue weighted by atomic mass is 10.1. The van der Waals surface area contributed by atoms with Crippen molar-refractivity contribution in [2.45, 2.75) is 38.9 Å². The predicted molar refractivity (Wildman–Crippen MR) is 140 cm³/mol. The van der Waals surface area contributed by atoms with Crippen molar-refractivity contribution in [1.82, 2.24) is 18.7 Å². The Morgan fingerprint density at radius 2 is 1.95 bits per heavy atom. The fourth-order valence-corrected chi connectivity index (χ4v) is 4.44. The summed E-state index contributed by atoms with van der Waals surface area (Å²) in [4.78, 5) is 38.3. The minimum absolute atomic E-state index is 0.0228. The summed E-state index contributed by atoms with van der Waals surface area (Å²) in [6.07, 6.45) is 1.79. The van der Waals surface area contributed by atoms with Crippen molar-refractivity contribution in [1.29, 1.82) is 10.5 Å². The van der Waals surface area contributed by atoms with E-state index in [9.17, 15) is 20.1 Å². The van der Waals surface area contributed by atoms with Gasteiger partial charge in [0.15, 0.2) is 17.1 Å². The van der Waals surface area contributed by atoms with Gasteiger partial charge in [0.25, 0.3) is 5.56 Å². The highest BCUT2D eigenvalue weighted by Gasteiger charge is 2.27. The number of hydrogen-bond acceptors (Lipinski definition) is 8. The molecule has 1 aliphatic heterocycles. The number of aliphatic imine (C=N–C) groups is 1. The van der Waals surface area contributed by atoms with E-state index in [1.54, 1.807) is 35.8 Å². The highest BCUT2D eigenvalue weighted by Crippen LogP contribution is 2.23. The van der Waals surface area contributed by atoms with Crippen LogP contribution in [0.15, 0.2) is 44.9 Å². The van der Waals surface area contributed by atoms with E-state index in [1.165, 1.54) is 11.6 Å². The number of hydrogen-bond donors (Lipinski definition) is 1. The lowest BCUT2D eigenvalue weighted by molar-refractivity contribution is 0.496. The van der Waals surface area contributed by atoms with Gasteiger partial charge in [-0.3, -0.25) is 23.5 Å². The van der Waals surface area contributed by atoms with Crippen molar-refractivity contribution in [3.8, 4) is 24.0 Å². The maximum atomic E-state index is 13.8. The van der Waals surface area contributed by atoms with Gasteiger partial charge < -0.3 is 10.6 Å². The molecular formula is C26H27N9O2. The molecule has 2 aromatic heterocycles. The van der Waals surface area contributed by atoms with Crippen molar-refractivity contribution in [2.24, 2.45) is 23.7 Å². The summed E-state index contributed by atoms with van der Waals surface area (Å²) < 4.78 is 4.01. The second-order valence-electron chi connectivity index (χ2n) is 8.81. The van der Waals surface area contributed by atoms with Crippen LogP contribution in [-0.2, 0) is 20.1 Å². The molecule has 1 fully saturated rings. The summed E-state index contributed by atoms with van der Waals surface area (Å²) in [5, 5.41) is 19.1. The van der Waals surface area contributed by atoms with Gasteiger partial charge in [-0.2, -0.15) is 15.5 Å². The van der Waals surface area contributed by atoms with Crippen LogP contribution in [0.5, 0.6) is 0 Å². The Kier molecular flexibility index (Phi) is 7.52. The average molecular weight is 498 g/mol. The minimum atomic E-state index is -1.24. The van der Waals surface area contributed by atoms with Gasteiger partial charge in [0, 0.05) is 26.2 Å². The Bertz CT molecular complexity index is 1590. The number of imidazole rings is 1. The van der Waals surface area contributed by atoms with E-state index in [4.69, 9.17) is 5.73 Å². The number of piperidine rings is 1. The van der Waals surface area contributed by atoms with Crippen molar-refractivity contribution in [3.05, 3.63) is 51.2 Å². The first-order chi connectivity index (χ1) is 17.9. The summed E-state index contributed by atoms with van der Waals surface area (Å²) in [6, 6.07) is 12.6. The van der Waals surface area contributed by atoms with Crippen LogP contribution in [0.2, 0.25) is 0 Å². The smallest absolute Gasteiger partial charge is 0.332 e. The number of fused-ring (bicyclic) bond motifs is 1. The van der Waals surface area contributed by atoms with Crippen molar-refractivity contribution >= 4 is 28.5 Å². The normalized spacial score (nSPS) is 15.8. The van der Waals surface area contributed by atoms with Crippen molar-refractivity contribution in [2.75, 3.05) is 18.0 Å². The lowest BCUT2D eigenvalue weighted by Crippen LogP contribution is -2.44. The number of nitrogens with two attached hydrogens (primary N) is 1. The summed E-state index contributed by atoms with van der Waals surface area (Å²) in [5.41, 5.74) is 6.02. The zero-order valence-corrected chi connectivity index (χ0v) is 20.8. The number of benzene rings is 1. The van der Waals surface area contributed by atoms with Gasteiger partial charge in [0.2, 0.25) is 5.95 Å². The van der Waals surface area contributed by atoms with Gasteiger partial charge in [-0.05, 0) is 31.9 Å². The monoisotopic (exact) mass is 497 g/mol. The van der Waals surface area contributed by atoms with Crippen molar-refractivity contribution in [3.63, 3.8) is 0 Å². The third-order valence-electron chi connectivity index (χ3n) is 6.31. The van der Waals surface area contributed by atoms with Crippen molar-refractivity contribution < 1.29 is 0 Å². The third kappa shape index (κ3) is 5.02. The molecule has 11 nitrogen and oxygen atoms in total. The van der Waals surface area contributed by atoms with Gasteiger partial charge in [0.1, 0.15) is 0 Å². The fraction of sp³-hybridized carbons (Fsp3) is 0.385. The van der Waals surface area contributed by atoms with E-state index in [1.807, 2.05) is 23.1 Å². The molecule has 0 aliphatic carbocycles. The van der Waals surface area contributed by atoms with Crippen LogP contribution in [0, 0.1) is 40.4 Å². The molecule has 11 heteroatoms. The van der Waals surface area contributed by atoms with Gasteiger partial charge in [-0.25, -0.2) is 4.79 Å². The van der Waals surface area contributed by atoms with Crippen LogP contribution in [0.1, 0.15) is 19.8 Å². The SMILES string of the molecule is CC#CCn1c(N2CCCC(N)C2)nc2c1c(=O)n(CC(=Nc1ccccc1)C(C#N)C#N)c(=O)n2C. The molecule has 188 valence electrons. The second kappa shape index (κ2) is 10.9. The molecule has 1 saturated heterocycles. The van der Waals surface area contributed by atoms with Crippen LogP contribution in [-0.4, -0.2) is 43.5 Å². The van der Waals surface area contributed by atoms with E-state index in [0.29, 0.717) is 18.2 Å². The number of nitriles is 2. The van der Waals surface area contributed by atoms with E-state index in [0.717, 1.165) is 24.0 Å². The average Bonchev–Trinajstić information content (AvgIpc) is 3.29. The molecule has 4 rings (SSSR count). The first kappa shape index (κ1) is 25.4. The summed E-state index contributed by atoms with van der Waals surface area (Å²) in [5.74, 6) is 5.13. The molecular weight excluding hydrogens is 470 g/mol. The summed E-state index contributed by atoms with van der Waals surface area (Å²) >= 11 is 0. The molecule has 37 heavy (non-hydrogen) atoms. The van der Waals surface area contributed by atoms with Crippen LogP contribution in [0.25, 0.3) is 11.2 Å². The molecule has 1 unspecified atom stereocenters. The van der Waals surface area contributed by atoms with Crippen LogP contribution in [0.4, 0.5) is 11.6 Å². The zero-order valence-electron chi connectivity index (χ0n) is 20.8. The zero-order chi connectivity index (χ0) is 26.5. The third-order valence-corrected chi connectivity index (χ3v) is 6.31. The molecule has 3 aromatic rings. The van der Waals surface area contributed by atoms with Gasteiger partial charge in [-0.15, -0.1) is 5.92 Å². The molecule has 0 saturated carbocycles. The Morgan fingerprint density at radius 1 is 1.22 bits per heavy atom. The minimum Gasteiger partial charge on any atom is -0.341 e. The van der Waals surface area contributed by atoms with Gasteiger partial charge in [-0.1, -0.05) is 24.1 Å². The lowest BCUT2D eigenvalue weighted by Gasteiger charge is -2.31. The topological polar surface area (TPSA) is 151 Å². The van der Waals surface area contributed by atoms with E-state index in [2.05, 4.69) is 21.8 Å². The summed E-state index contributed by atoms with van der Waals surface area (Å²) in [7, 11) is 1.54. The molecule has 1 atom stereocenters. The molecule has 0 amide bonds. The predicted octanol–water partition coefficient (Wildman–Crippen LogP) is 1.28. The molecule has 1 aliphatic rings. The fourth-order valence-electron chi connectivity index (χ4n) is 4.44. The number of anilines is 1. The number of rotatable bonds is 6. The maximum absolute atomic E-state index is 13.8. The quantitative estimate of drug-likeness (QED) is 0.398. The number of para-hydroxylation sites is 1.